The van der Waals surface area contributed by atoms with Crippen LogP contribution in [-0.2, 0) is 16.1 Å². The number of methoxy groups -OCH3 is 1. The molecule has 23 heavy (non-hydrogen) atoms. The smallest absolute Gasteiger partial charge is 0.328 e. The summed E-state index contributed by atoms with van der Waals surface area (Å²) in [6, 6.07) is 6.25. The number of ether oxygens (including phenoxy) is 1. The lowest BCUT2D eigenvalue weighted by atomic mass is 10.1. The van der Waals surface area contributed by atoms with Crippen LogP contribution in [0.5, 0.6) is 5.75 Å². The highest BCUT2D eigenvalue weighted by Crippen LogP contribution is 2.30. The molecule has 2 aromatic rings. The van der Waals surface area contributed by atoms with Crippen LogP contribution in [0.2, 0.25) is 0 Å². The Balaban J connectivity index is 0.000000284. The summed E-state index contributed by atoms with van der Waals surface area (Å²) in [6.07, 6.45) is 3.13. The number of aryl methyl sites for hydroxylation is 1. The molecule has 2 rings (SSSR count). The Labute approximate surface area is 133 Å². The van der Waals surface area contributed by atoms with Gasteiger partial charge in [0, 0.05) is 36.8 Å². The van der Waals surface area contributed by atoms with Gasteiger partial charge in [0.15, 0.2) is 0 Å². The van der Waals surface area contributed by atoms with Crippen molar-refractivity contribution in [3.8, 4) is 5.75 Å². The Hall–Kier alpha value is -2.80. The first-order valence-corrected chi connectivity index (χ1v) is 6.87. The molecule has 0 saturated carbocycles. The van der Waals surface area contributed by atoms with Crippen LogP contribution in [0.1, 0.15) is 5.56 Å². The first kappa shape index (κ1) is 18.2. The number of benzene rings is 1. The molecule has 0 atom stereocenters. The van der Waals surface area contributed by atoms with Gasteiger partial charge in [-0.3, -0.25) is 0 Å². The highest BCUT2D eigenvalue weighted by atomic mass is 16.5. The standard InChI is InChI=1S/C12H16N2O.C4H4O4/c1-9-4-3-5-10-12(9)11(15-2)8-14(10)7-6-13;5-3(6)1-2-4(7)8/h3-5,8H,6-7,13H2,1-2H3;1-2H,(H,5,6)(H,7,8). The van der Waals surface area contributed by atoms with E-state index in [2.05, 4.69) is 29.7 Å². The van der Waals surface area contributed by atoms with Crippen LogP contribution in [0.15, 0.2) is 36.5 Å². The zero-order chi connectivity index (χ0) is 17.4. The van der Waals surface area contributed by atoms with Crippen molar-refractivity contribution in [2.45, 2.75) is 13.5 Å². The van der Waals surface area contributed by atoms with E-state index in [9.17, 15) is 9.59 Å². The minimum atomic E-state index is -1.26. The fourth-order valence-corrected chi connectivity index (χ4v) is 2.11. The zero-order valence-corrected chi connectivity index (χ0v) is 13.0. The summed E-state index contributed by atoms with van der Waals surface area (Å²) in [7, 11) is 1.70. The maximum absolute atomic E-state index is 9.55. The number of carbonyl (C=O) groups is 2. The lowest BCUT2D eigenvalue weighted by Crippen LogP contribution is -2.08. The SMILES string of the molecule is COc1cn(CCN)c2cccc(C)c12.O=C(O)C=CC(=O)O. The molecule has 0 saturated heterocycles. The number of nitrogens with two attached hydrogens (primary N) is 1. The Morgan fingerprint density at radius 2 is 1.87 bits per heavy atom. The summed E-state index contributed by atoms with van der Waals surface area (Å²) in [4.78, 5) is 19.1. The van der Waals surface area contributed by atoms with E-state index in [-0.39, 0.29) is 0 Å². The summed E-state index contributed by atoms with van der Waals surface area (Å²) < 4.78 is 7.51. The zero-order valence-electron chi connectivity index (χ0n) is 13.0. The van der Waals surface area contributed by atoms with Gasteiger partial charge in [-0.05, 0) is 18.6 Å². The predicted octanol–water partition coefficient (Wildman–Crippen LogP) is 1.63. The first-order chi connectivity index (χ1) is 10.9. The van der Waals surface area contributed by atoms with E-state index in [1.54, 1.807) is 7.11 Å². The van der Waals surface area contributed by atoms with E-state index in [0.29, 0.717) is 18.7 Å². The number of hydrogen-bond acceptors (Lipinski definition) is 4. The van der Waals surface area contributed by atoms with Crippen molar-refractivity contribution in [3.05, 3.63) is 42.1 Å². The van der Waals surface area contributed by atoms with Crippen molar-refractivity contribution < 1.29 is 24.5 Å². The molecular weight excluding hydrogens is 300 g/mol. The summed E-state index contributed by atoms with van der Waals surface area (Å²) in [5.74, 6) is -1.59. The van der Waals surface area contributed by atoms with E-state index >= 15 is 0 Å². The van der Waals surface area contributed by atoms with Crippen molar-refractivity contribution in [1.82, 2.24) is 4.57 Å². The molecule has 4 N–H and O–H groups in total. The van der Waals surface area contributed by atoms with Crippen molar-refractivity contribution in [3.63, 3.8) is 0 Å². The average Bonchev–Trinajstić information content (AvgIpc) is 2.86. The normalized spacial score (nSPS) is 10.4. The van der Waals surface area contributed by atoms with Gasteiger partial charge in [0.25, 0.3) is 0 Å². The monoisotopic (exact) mass is 320 g/mol. The Kier molecular flexibility index (Phi) is 6.82. The van der Waals surface area contributed by atoms with Gasteiger partial charge in [-0.2, -0.15) is 0 Å². The van der Waals surface area contributed by atoms with Gasteiger partial charge in [-0.1, -0.05) is 12.1 Å². The maximum atomic E-state index is 9.55. The third kappa shape index (κ3) is 5.15. The Morgan fingerprint density at radius 3 is 2.35 bits per heavy atom. The number of nitrogens with zero attached hydrogens (tertiary/aromatic N) is 1. The van der Waals surface area contributed by atoms with Crippen LogP contribution < -0.4 is 10.5 Å². The molecule has 0 aliphatic heterocycles. The van der Waals surface area contributed by atoms with Gasteiger partial charge < -0.3 is 25.3 Å². The van der Waals surface area contributed by atoms with E-state index in [4.69, 9.17) is 20.7 Å². The second kappa shape index (κ2) is 8.60. The van der Waals surface area contributed by atoms with Crippen molar-refractivity contribution >= 4 is 22.8 Å². The van der Waals surface area contributed by atoms with Crippen LogP contribution in [0.3, 0.4) is 0 Å². The van der Waals surface area contributed by atoms with E-state index in [0.717, 1.165) is 12.3 Å². The third-order valence-electron chi connectivity index (χ3n) is 3.04. The van der Waals surface area contributed by atoms with Crippen LogP contribution in [0, 0.1) is 6.92 Å². The molecule has 0 aliphatic rings. The fourth-order valence-electron chi connectivity index (χ4n) is 2.11. The molecule has 1 heterocycles. The molecular formula is C16H20N2O5. The van der Waals surface area contributed by atoms with Crippen LogP contribution in [0.25, 0.3) is 10.9 Å². The second-order valence-corrected chi connectivity index (χ2v) is 4.66. The molecule has 0 spiro atoms. The lowest BCUT2D eigenvalue weighted by molar-refractivity contribution is -0.134. The second-order valence-electron chi connectivity index (χ2n) is 4.66. The molecule has 7 heteroatoms. The Bertz CT molecular complexity index is 703. The van der Waals surface area contributed by atoms with Gasteiger partial charge in [0.05, 0.1) is 12.6 Å². The molecule has 1 aromatic heterocycles. The van der Waals surface area contributed by atoms with Crippen molar-refractivity contribution in [1.29, 1.82) is 0 Å². The molecule has 0 unspecified atom stereocenters. The number of rotatable bonds is 5. The summed E-state index contributed by atoms with van der Waals surface area (Å²) in [5, 5.41) is 16.8. The first-order valence-electron chi connectivity index (χ1n) is 6.87. The van der Waals surface area contributed by atoms with Gasteiger partial charge >= 0.3 is 11.9 Å². The topological polar surface area (TPSA) is 115 Å². The van der Waals surface area contributed by atoms with Gasteiger partial charge in [-0.25, -0.2) is 9.59 Å². The predicted molar refractivity (Wildman–Crippen MR) is 86.7 cm³/mol. The molecule has 0 radical (unpaired) electrons. The molecule has 124 valence electrons. The fraction of sp³-hybridized carbons (Fsp3) is 0.250. The van der Waals surface area contributed by atoms with E-state index in [1.807, 2.05) is 6.20 Å². The molecule has 0 bridgehead atoms. The Morgan fingerprint density at radius 1 is 1.26 bits per heavy atom. The van der Waals surface area contributed by atoms with E-state index in [1.165, 1.54) is 16.5 Å². The average molecular weight is 320 g/mol. The number of aliphatic carboxylic acids is 2. The summed E-state index contributed by atoms with van der Waals surface area (Å²) in [5.41, 5.74) is 8.01. The molecule has 0 fully saturated rings. The number of carboxylic acids is 2. The quantitative estimate of drug-likeness (QED) is 0.721. The highest BCUT2D eigenvalue weighted by Gasteiger charge is 2.09. The number of fused-ring (bicyclic) bond motifs is 1. The minimum Gasteiger partial charge on any atom is -0.495 e. The summed E-state index contributed by atoms with van der Waals surface area (Å²) in [6.45, 7) is 3.56. The number of hydrogen-bond donors (Lipinski definition) is 3. The van der Waals surface area contributed by atoms with Crippen LogP contribution >= 0.6 is 0 Å². The van der Waals surface area contributed by atoms with E-state index < -0.39 is 11.9 Å². The van der Waals surface area contributed by atoms with Gasteiger partial charge in [0.1, 0.15) is 5.75 Å². The highest BCUT2D eigenvalue weighted by molar-refractivity contribution is 5.90. The van der Waals surface area contributed by atoms with Crippen LogP contribution in [0.4, 0.5) is 0 Å². The maximum Gasteiger partial charge on any atom is 0.328 e. The minimum absolute atomic E-state index is 0.558. The molecule has 0 aliphatic carbocycles. The number of aromatic nitrogens is 1. The largest absolute Gasteiger partial charge is 0.495 e. The summed E-state index contributed by atoms with van der Waals surface area (Å²) >= 11 is 0. The third-order valence-corrected chi connectivity index (χ3v) is 3.04. The lowest BCUT2D eigenvalue weighted by Gasteiger charge is -2.02. The number of carboxylic acid groups (broad SMARTS) is 2. The van der Waals surface area contributed by atoms with Crippen molar-refractivity contribution in [2.75, 3.05) is 13.7 Å². The van der Waals surface area contributed by atoms with Crippen LogP contribution in [-0.4, -0.2) is 40.4 Å². The van der Waals surface area contributed by atoms with Gasteiger partial charge in [-0.15, -0.1) is 0 Å². The molecule has 7 nitrogen and oxygen atoms in total. The molecule has 0 amide bonds. The van der Waals surface area contributed by atoms with Gasteiger partial charge in [0.2, 0.25) is 0 Å². The molecule has 1 aromatic carbocycles. The van der Waals surface area contributed by atoms with Crippen molar-refractivity contribution in [2.24, 2.45) is 5.73 Å².